The average molecular weight is 323 g/mol. The van der Waals surface area contributed by atoms with Gasteiger partial charge in [-0.1, -0.05) is 35.5 Å². The van der Waals surface area contributed by atoms with Crippen LogP contribution in [0.25, 0.3) is 0 Å². The predicted octanol–water partition coefficient (Wildman–Crippen LogP) is 2.52. The van der Waals surface area contributed by atoms with Crippen molar-refractivity contribution in [3.05, 3.63) is 66.1 Å². The highest BCUT2D eigenvalue weighted by atomic mass is 16.5. The topological polar surface area (TPSA) is 60.0 Å². The molecule has 1 fully saturated rings. The van der Waals surface area contributed by atoms with Crippen molar-refractivity contribution >= 4 is 0 Å². The molecule has 1 aliphatic rings. The molecular formula is C18H21N5O. The number of likely N-dealkylation sites (tertiary alicyclic amines) is 1. The van der Waals surface area contributed by atoms with Gasteiger partial charge in [0.1, 0.15) is 0 Å². The summed E-state index contributed by atoms with van der Waals surface area (Å²) < 4.78 is 7.45. The zero-order valence-corrected chi connectivity index (χ0v) is 13.6. The first-order valence-corrected chi connectivity index (χ1v) is 8.44. The third kappa shape index (κ3) is 3.54. The summed E-state index contributed by atoms with van der Waals surface area (Å²) in [5, 5.41) is 8.43. The van der Waals surface area contributed by atoms with E-state index in [9.17, 15) is 0 Å². The maximum atomic E-state index is 5.46. The summed E-state index contributed by atoms with van der Waals surface area (Å²) in [4.78, 5) is 6.98. The minimum absolute atomic E-state index is 0.481. The number of rotatable bonds is 6. The van der Waals surface area contributed by atoms with Gasteiger partial charge < -0.3 is 4.52 Å². The van der Waals surface area contributed by atoms with E-state index in [1.54, 1.807) is 0 Å². The van der Waals surface area contributed by atoms with Gasteiger partial charge in [-0.25, -0.2) is 0 Å². The Morgan fingerprint density at radius 1 is 1.17 bits per heavy atom. The van der Waals surface area contributed by atoms with Crippen molar-refractivity contribution in [2.75, 3.05) is 6.54 Å². The summed E-state index contributed by atoms with van der Waals surface area (Å²) in [5.74, 6) is 1.45. The SMILES string of the molecule is c1ccc(Cc2noc(CN3CCCC3Cn3cccn3)n2)cc1. The highest BCUT2D eigenvalue weighted by Crippen LogP contribution is 2.21. The van der Waals surface area contributed by atoms with E-state index in [2.05, 4.69) is 32.3 Å². The zero-order chi connectivity index (χ0) is 16.2. The van der Waals surface area contributed by atoms with E-state index in [0.717, 1.165) is 18.9 Å². The van der Waals surface area contributed by atoms with Crippen molar-refractivity contribution in [3.8, 4) is 0 Å². The normalized spacial score (nSPS) is 18.2. The van der Waals surface area contributed by atoms with Gasteiger partial charge in [0.05, 0.1) is 13.1 Å². The second kappa shape index (κ2) is 6.97. The highest BCUT2D eigenvalue weighted by Gasteiger charge is 2.26. The van der Waals surface area contributed by atoms with Crippen molar-refractivity contribution in [2.45, 2.75) is 38.4 Å². The van der Waals surface area contributed by atoms with Gasteiger partial charge in [0, 0.05) is 24.9 Å². The lowest BCUT2D eigenvalue weighted by molar-refractivity contribution is 0.192. The van der Waals surface area contributed by atoms with E-state index < -0.39 is 0 Å². The first kappa shape index (κ1) is 15.1. The smallest absolute Gasteiger partial charge is 0.240 e. The van der Waals surface area contributed by atoms with Crippen LogP contribution < -0.4 is 0 Å². The van der Waals surface area contributed by atoms with E-state index in [0.29, 0.717) is 24.9 Å². The lowest BCUT2D eigenvalue weighted by Crippen LogP contribution is -2.32. The minimum Gasteiger partial charge on any atom is -0.338 e. The first-order chi connectivity index (χ1) is 11.9. The third-order valence-electron chi connectivity index (χ3n) is 4.51. The molecule has 2 aromatic heterocycles. The van der Waals surface area contributed by atoms with Crippen molar-refractivity contribution < 1.29 is 4.52 Å². The molecule has 4 rings (SSSR count). The fourth-order valence-corrected chi connectivity index (χ4v) is 3.31. The predicted molar refractivity (Wildman–Crippen MR) is 89.2 cm³/mol. The van der Waals surface area contributed by atoms with E-state index in [-0.39, 0.29) is 0 Å². The van der Waals surface area contributed by atoms with Gasteiger partial charge in [-0.05, 0) is 31.0 Å². The van der Waals surface area contributed by atoms with Crippen LogP contribution in [0.2, 0.25) is 0 Å². The summed E-state index contributed by atoms with van der Waals surface area (Å²) in [6.45, 7) is 2.70. The van der Waals surface area contributed by atoms with E-state index >= 15 is 0 Å². The summed E-state index contributed by atoms with van der Waals surface area (Å²) in [6, 6.07) is 12.7. The molecule has 1 aliphatic heterocycles. The summed E-state index contributed by atoms with van der Waals surface area (Å²) in [6.07, 6.45) is 6.94. The molecule has 1 unspecified atom stereocenters. The van der Waals surface area contributed by atoms with Crippen molar-refractivity contribution in [1.82, 2.24) is 24.8 Å². The molecule has 0 aliphatic carbocycles. The maximum Gasteiger partial charge on any atom is 0.240 e. The van der Waals surface area contributed by atoms with Gasteiger partial charge in [-0.3, -0.25) is 9.58 Å². The maximum absolute atomic E-state index is 5.46. The Labute approximate surface area is 141 Å². The van der Waals surface area contributed by atoms with Gasteiger partial charge in [0.2, 0.25) is 5.89 Å². The van der Waals surface area contributed by atoms with Gasteiger partial charge in [0.25, 0.3) is 0 Å². The molecule has 1 saturated heterocycles. The number of benzene rings is 1. The van der Waals surface area contributed by atoms with Crippen LogP contribution in [0.3, 0.4) is 0 Å². The van der Waals surface area contributed by atoms with E-state index in [1.165, 1.54) is 18.4 Å². The Morgan fingerprint density at radius 2 is 2.08 bits per heavy atom. The number of hydrogen-bond donors (Lipinski definition) is 0. The van der Waals surface area contributed by atoms with Crippen LogP contribution in [0, 0.1) is 0 Å². The molecule has 124 valence electrons. The lowest BCUT2D eigenvalue weighted by Gasteiger charge is -2.22. The first-order valence-electron chi connectivity index (χ1n) is 8.44. The Balaban J connectivity index is 1.38. The molecule has 24 heavy (non-hydrogen) atoms. The summed E-state index contributed by atoms with van der Waals surface area (Å²) in [5.41, 5.74) is 1.20. The van der Waals surface area contributed by atoms with Gasteiger partial charge in [-0.2, -0.15) is 10.1 Å². The van der Waals surface area contributed by atoms with Crippen LogP contribution in [0.15, 0.2) is 53.3 Å². The fourth-order valence-electron chi connectivity index (χ4n) is 3.31. The third-order valence-corrected chi connectivity index (χ3v) is 4.51. The lowest BCUT2D eigenvalue weighted by atomic mass is 10.1. The highest BCUT2D eigenvalue weighted by molar-refractivity contribution is 5.18. The molecular weight excluding hydrogens is 302 g/mol. The van der Waals surface area contributed by atoms with Gasteiger partial charge >= 0.3 is 0 Å². The van der Waals surface area contributed by atoms with Crippen molar-refractivity contribution in [2.24, 2.45) is 0 Å². The van der Waals surface area contributed by atoms with E-state index in [1.807, 2.05) is 41.3 Å². The largest absolute Gasteiger partial charge is 0.338 e. The number of hydrogen-bond acceptors (Lipinski definition) is 5. The van der Waals surface area contributed by atoms with Crippen molar-refractivity contribution in [1.29, 1.82) is 0 Å². The standard InChI is InChI=1S/C18H21N5O/c1-2-6-15(7-3-1)12-17-20-18(24-21-17)14-22-10-4-8-16(22)13-23-11-5-9-19-23/h1-3,5-7,9,11,16H,4,8,10,12-14H2. The fraction of sp³-hybridized carbons (Fsp3) is 0.389. The molecule has 3 heterocycles. The molecule has 0 radical (unpaired) electrons. The molecule has 6 heteroatoms. The molecule has 1 aromatic carbocycles. The number of nitrogens with zero attached hydrogens (tertiary/aromatic N) is 5. The Morgan fingerprint density at radius 3 is 2.92 bits per heavy atom. The molecule has 0 N–H and O–H groups in total. The van der Waals surface area contributed by atoms with Gasteiger partial charge in [0.15, 0.2) is 5.82 Å². The molecule has 0 saturated carbocycles. The van der Waals surface area contributed by atoms with Gasteiger partial charge in [-0.15, -0.1) is 0 Å². The second-order valence-electron chi connectivity index (χ2n) is 6.26. The minimum atomic E-state index is 0.481. The molecule has 0 bridgehead atoms. The quantitative estimate of drug-likeness (QED) is 0.697. The average Bonchev–Trinajstić information content (AvgIpc) is 3.34. The molecule has 3 aromatic rings. The molecule has 0 amide bonds. The molecule has 6 nitrogen and oxygen atoms in total. The summed E-state index contributed by atoms with van der Waals surface area (Å²) >= 11 is 0. The Kier molecular flexibility index (Phi) is 4.38. The Bertz CT molecular complexity index is 753. The van der Waals surface area contributed by atoms with Crippen LogP contribution >= 0.6 is 0 Å². The van der Waals surface area contributed by atoms with Crippen LogP contribution in [0.4, 0.5) is 0 Å². The van der Waals surface area contributed by atoms with E-state index in [4.69, 9.17) is 4.52 Å². The zero-order valence-electron chi connectivity index (χ0n) is 13.6. The molecule has 0 spiro atoms. The number of aromatic nitrogens is 4. The van der Waals surface area contributed by atoms with Crippen LogP contribution in [0.5, 0.6) is 0 Å². The van der Waals surface area contributed by atoms with Crippen LogP contribution in [-0.4, -0.2) is 37.4 Å². The van der Waals surface area contributed by atoms with Crippen LogP contribution in [-0.2, 0) is 19.5 Å². The van der Waals surface area contributed by atoms with Crippen LogP contribution in [0.1, 0.15) is 30.1 Å². The monoisotopic (exact) mass is 323 g/mol. The summed E-state index contributed by atoms with van der Waals surface area (Å²) in [7, 11) is 0. The second-order valence-corrected chi connectivity index (χ2v) is 6.26. The van der Waals surface area contributed by atoms with Crippen molar-refractivity contribution in [3.63, 3.8) is 0 Å². The Hall–Kier alpha value is -2.47. The molecule has 1 atom stereocenters.